The molecule has 0 saturated carbocycles. The van der Waals surface area contributed by atoms with Crippen LogP contribution >= 0.6 is 45.2 Å². The van der Waals surface area contributed by atoms with E-state index in [-0.39, 0.29) is 0 Å². The largest absolute Gasteiger partial charge is 0.378 e. The predicted octanol–water partition coefficient (Wildman–Crippen LogP) is 9.69. The van der Waals surface area contributed by atoms with Crippen molar-refractivity contribution in [2.75, 3.05) is 38.0 Å². The van der Waals surface area contributed by atoms with E-state index in [1.54, 1.807) is 0 Å². The zero-order chi connectivity index (χ0) is 29.2. The number of hydrogen-bond donors (Lipinski definition) is 0. The molecule has 4 rings (SSSR count). The molecule has 0 N–H and O–H groups in total. The number of hydrogen-bond acceptors (Lipinski definition) is 4. The van der Waals surface area contributed by atoms with Gasteiger partial charge >= 0.3 is 0 Å². The third-order valence-corrected chi connectivity index (χ3v) is 7.75. The fourth-order valence-corrected chi connectivity index (χ4v) is 4.69. The van der Waals surface area contributed by atoms with Gasteiger partial charge in [-0.2, -0.15) is 0 Å². The summed E-state index contributed by atoms with van der Waals surface area (Å²) in [5.74, 6) is 0. The van der Waals surface area contributed by atoms with Gasteiger partial charge in [-0.05, 0) is 141 Å². The summed E-state index contributed by atoms with van der Waals surface area (Å²) < 4.78 is 2.37. The molecule has 0 saturated heterocycles. The van der Waals surface area contributed by atoms with Gasteiger partial charge in [-0.15, -0.1) is 0 Å². The summed E-state index contributed by atoms with van der Waals surface area (Å²) >= 11 is 4.64. The normalized spacial score (nSPS) is 12.3. The molecule has 0 spiro atoms. The highest BCUT2D eigenvalue weighted by Gasteiger charge is 2.05. The van der Waals surface area contributed by atoms with Crippen LogP contribution in [0.25, 0.3) is 12.2 Å². The van der Waals surface area contributed by atoms with Crippen LogP contribution in [0.1, 0.15) is 17.5 Å². The maximum Gasteiger partial charge on any atom is 0.0633 e. The minimum atomic E-state index is 0.580. The quantitative estimate of drug-likeness (QED) is 0.119. The summed E-state index contributed by atoms with van der Waals surface area (Å²) in [6.07, 6.45) is 9.03. The topological polar surface area (TPSA) is 31.2 Å². The first-order valence-corrected chi connectivity index (χ1v) is 15.5. The molecule has 4 nitrogen and oxygen atoms in total. The molecule has 0 radical (unpaired) electrons. The monoisotopic (exact) mass is 764 g/mol. The van der Waals surface area contributed by atoms with Gasteiger partial charge in [0.2, 0.25) is 0 Å². The lowest BCUT2D eigenvalue weighted by Crippen LogP contribution is -2.08. The van der Waals surface area contributed by atoms with Gasteiger partial charge in [0.25, 0.3) is 0 Å². The SMILES string of the molecule is CN(C)c1ccc(C=CC(CC(C=Cc2ccc(N(C)C)cc2)=Nc2ccc(I)cc2)=Nc2ccc(I)cc2)cc1. The smallest absolute Gasteiger partial charge is 0.0633 e. The molecule has 0 fully saturated rings. The fraction of sp³-hybridized carbons (Fsp3) is 0.143. The van der Waals surface area contributed by atoms with Gasteiger partial charge in [0.05, 0.1) is 11.4 Å². The van der Waals surface area contributed by atoms with E-state index < -0.39 is 0 Å². The van der Waals surface area contributed by atoms with Crippen molar-refractivity contribution in [3.8, 4) is 0 Å². The van der Waals surface area contributed by atoms with E-state index in [0.717, 1.165) is 33.9 Å². The summed E-state index contributed by atoms with van der Waals surface area (Å²) in [7, 11) is 8.20. The number of benzene rings is 4. The summed E-state index contributed by atoms with van der Waals surface area (Å²) in [5, 5.41) is 0. The van der Waals surface area contributed by atoms with Crippen molar-refractivity contribution in [3.05, 3.63) is 127 Å². The molecule has 0 aliphatic rings. The maximum atomic E-state index is 5.04. The second-order valence-electron chi connectivity index (χ2n) is 9.97. The van der Waals surface area contributed by atoms with E-state index in [9.17, 15) is 0 Å². The minimum Gasteiger partial charge on any atom is -0.378 e. The van der Waals surface area contributed by atoms with Gasteiger partial charge in [0, 0.05) is 64.6 Å². The molecule has 0 unspecified atom stereocenters. The number of nitrogens with zero attached hydrogens (tertiary/aromatic N) is 4. The molecule has 4 aromatic rings. The average molecular weight is 764 g/mol. The van der Waals surface area contributed by atoms with Gasteiger partial charge in [0.1, 0.15) is 0 Å². The minimum absolute atomic E-state index is 0.580. The zero-order valence-corrected chi connectivity index (χ0v) is 28.1. The predicted molar refractivity (Wildman–Crippen MR) is 197 cm³/mol. The molecule has 0 heterocycles. The van der Waals surface area contributed by atoms with Gasteiger partial charge in [0.15, 0.2) is 0 Å². The van der Waals surface area contributed by atoms with E-state index in [1.165, 1.54) is 18.5 Å². The molecule has 0 atom stereocenters. The Morgan fingerprint density at radius 2 is 0.878 bits per heavy atom. The molecule has 6 heteroatoms. The molecule has 4 aromatic carbocycles. The van der Waals surface area contributed by atoms with E-state index in [4.69, 9.17) is 9.98 Å². The van der Waals surface area contributed by atoms with E-state index >= 15 is 0 Å². The molecule has 41 heavy (non-hydrogen) atoms. The van der Waals surface area contributed by atoms with Crippen LogP contribution in [-0.4, -0.2) is 39.6 Å². The van der Waals surface area contributed by atoms with Crippen LogP contribution in [0.3, 0.4) is 0 Å². The highest BCUT2D eigenvalue weighted by Crippen LogP contribution is 2.20. The van der Waals surface area contributed by atoms with Crippen LogP contribution in [0, 0.1) is 7.14 Å². The highest BCUT2D eigenvalue weighted by atomic mass is 127. The van der Waals surface area contributed by atoms with Crippen LogP contribution in [0.15, 0.2) is 119 Å². The van der Waals surface area contributed by atoms with Gasteiger partial charge < -0.3 is 9.80 Å². The Morgan fingerprint density at radius 1 is 0.537 bits per heavy atom. The number of rotatable bonds is 10. The van der Waals surface area contributed by atoms with Crippen molar-refractivity contribution < 1.29 is 0 Å². The standard InChI is InChI=1S/C35H34I2N4/c1-40(2)34-21-7-26(8-22-34)5-15-32(38-30-17-11-28(36)12-18-30)25-33(39-31-19-13-29(37)14-20-31)16-6-27-9-23-35(24-10-27)41(3)4/h5-24H,25H2,1-4H3. The number of halogens is 2. The molecular formula is C35H34I2N4. The van der Waals surface area contributed by atoms with Gasteiger partial charge in [-0.25, -0.2) is 0 Å². The molecule has 0 amide bonds. The average Bonchev–Trinajstić information content (AvgIpc) is 2.97. The lowest BCUT2D eigenvalue weighted by molar-refractivity contribution is 1.13. The van der Waals surface area contributed by atoms with Crippen molar-refractivity contribution in [2.24, 2.45) is 9.98 Å². The van der Waals surface area contributed by atoms with Crippen molar-refractivity contribution in [1.82, 2.24) is 0 Å². The van der Waals surface area contributed by atoms with Crippen molar-refractivity contribution in [3.63, 3.8) is 0 Å². The zero-order valence-electron chi connectivity index (χ0n) is 23.8. The van der Waals surface area contributed by atoms with Gasteiger partial charge in [-0.1, -0.05) is 36.4 Å². The van der Waals surface area contributed by atoms with Crippen LogP contribution in [0.5, 0.6) is 0 Å². The van der Waals surface area contributed by atoms with E-state index in [1.807, 2.05) is 0 Å². The number of allylic oxidation sites excluding steroid dienone is 2. The van der Waals surface area contributed by atoms with Gasteiger partial charge in [-0.3, -0.25) is 9.98 Å². The Bertz CT molecular complexity index is 1410. The molecule has 208 valence electrons. The van der Waals surface area contributed by atoms with Crippen LogP contribution in [-0.2, 0) is 0 Å². The Labute approximate surface area is 271 Å². The van der Waals surface area contributed by atoms with Crippen molar-refractivity contribution in [2.45, 2.75) is 6.42 Å². The van der Waals surface area contributed by atoms with Crippen molar-refractivity contribution in [1.29, 1.82) is 0 Å². The van der Waals surface area contributed by atoms with Crippen LogP contribution < -0.4 is 9.80 Å². The maximum absolute atomic E-state index is 5.04. The first-order chi connectivity index (χ1) is 19.7. The van der Waals surface area contributed by atoms with Crippen molar-refractivity contribution >= 4 is 91.5 Å². The van der Waals surface area contributed by atoms with Crippen LogP contribution in [0.4, 0.5) is 22.7 Å². The summed E-state index contributed by atoms with van der Waals surface area (Å²) in [6.45, 7) is 0. The highest BCUT2D eigenvalue weighted by molar-refractivity contribution is 14.1. The van der Waals surface area contributed by atoms with Crippen LogP contribution in [0.2, 0.25) is 0 Å². The fourth-order valence-electron chi connectivity index (χ4n) is 3.97. The summed E-state index contributed by atoms with van der Waals surface area (Å²) in [6, 6.07) is 33.6. The van der Waals surface area contributed by atoms with E-state index in [2.05, 4.69) is 205 Å². The molecule has 0 bridgehead atoms. The third kappa shape index (κ3) is 9.97. The molecule has 0 aromatic heterocycles. The summed E-state index contributed by atoms with van der Waals surface area (Å²) in [4.78, 5) is 14.3. The number of anilines is 2. The Balaban J connectivity index is 1.69. The molecule has 0 aliphatic heterocycles. The Hall–Kier alpha value is -3.24. The Kier molecular flexibility index (Phi) is 11.3. The summed E-state index contributed by atoms with van der Waals surface area (Å²) in [5.41, 5.74) is 8.29. The van der Waals surface area contributed by atoms with E-state index in [0.29, 0.717) is 6.42 Å². The third-order valence-electron chi connectivity index (χ3n) is 6.32. The second kappa shape index (κ2) is 15.1. The lowest BCUT2D eigenvalue weighted by Gasteiger charge is -2.12. The first kappa shape index (κ1) is 30.7. The Morgan fingerprint density at radius 3 is 1.20 bits per heavy atom. The molecular weight excluding hydrogens is 730 g/mol. The second-order valence-corrected chi connectivity index (χ2v) is 12.5. The first-order valence-electron chi connectivity index (χ1n) is 13.3. The lowest BCUT2D eigenvalue weighted by atomic mass is 10.1. The molecule has 0 aliphatic carbocycles. The number of aliphatic imine (C=N–C) groups is 2.